The molecule has 26 heavy (non-hydrogen) atoms. The van der Waals surface area contributed by atoms with Crippen LogP contribution in [-0.4, -0.2) is 28.1 Å². The quantitative estimate of drug-likeness (QED) is 0.633. The molecule has 0 aliphatic heterocycles. The number of anilines is 1. The van der Waals surface area contributed by atoms with Gasteiger partial charge in [0.25, 0.3) is 0 Å². The molecular weight excluding hydrogens is 375 g/mol. The third kappa shape index (κ3) is 6.04. The van der Waals surface area contributed by atoms with Crippen molar-refractivity contribution in [2.75, 3.05) is 5.32 Å². The number of carbonyl (C=O) groups is 2. The van der Waals surface area contributed by atoms with E-state index >= 15 is 0 Å². The predicted octanol–water partition coefficient (Wildman–Crippen LogP) is 3.82. The summed E-state index contributed by atoms with van der Waals surface area (Å²) in [5.74, 6) is 0.238. The lowest BCUT2D eigenvalue weighted by atomic mass is 10.0. The van der Waals surface area contributed by atoms with Gasteiger partial charge >= 0.3 is 0 Å². The van der Waals surface area contributed by atoms with Crippen LogP contribution in [0, 0.1) is 5.92 Å². The molecule has 0 saturated heterocycles. The van der Waals surface area contributed by atoms with Gasteiger partial charge in [0.1, 0.15) is 11.9 Å². The van der Waals surface area contributed by atoms with Crippen LogP contribution in [0.3, 0.4) is 0 Å². The van der Waals surface area contributed by atoms with Crippen LogP contribution in [-0.2, 0) is 16.0 Å². The van der Waals surface area contributed by atoms with Gasteiger partial charge in [-0.25, -0.2) is 0 Å². The van der Waals surface area contributed by atoms with Crippen molar-refractivity contribution in [1.82, 2.24) is 15.5 Å². The minimum absolute atomic E-state index is 0.214. The highest BCUT2D eigenvalue weighted by Crippen LogP contribution is 2.26. The standard InChI is InChI=1S/C18H22Cl2N4O2/c1-11(2)10-14(18(26)23-15-8-9-21-24-15)22-16(25)7-6-12-4-3-5-13(19)17(12)20/h3-5,8-9,11,14H,6-7,10H2,1-2H3,(H,22,25)(H2,21,23,24,26). The van der Waals surface area contributed by atoms with Gasteiger partial charge in [-0.15, -0.1) is 0 Å². The maximum atomic E-state index is 12.4. The number of hydrogen-bond acceptors (Lipinski definition) is 3. The Morgan fingerprint density at radius 1 is 1.23 bits per heavy atom. The maximum Gasteiger partial charge on any atom is 0.248 e. The van der Waals surface area contributed by atoms with Crippen LogP contribution in [0.1, 0.15) is 32.3 Å². The number of benzene rings is 1. The largest absolute Gasteiger partial charge is 0.344 e. The Balaban J connectivity index is 1.94. The van der Waals surface area contributed by atoms with Crippen LogP contribution in [0.2, 0.25) is 10.0 Å². The van der Waals surface area contributed by atoms with Gasteiger partial charge in [0.2, 0.25) is 11.8 Å². The third-order valence-corrected chi connectivity index (χ3v) is 4.63. The molecule has 0 spiro atoms. The Bertz CT molecular complexity index is 748. The molecule has 1 unspecified atom stereocenters. The number of H-pyrrole nitrogens is 1. The zero-order valence-corrected chi connectivity index (χ0v) is 16.2. The van der Waals surface area contributed by atoms with Gasteiger partial charge in [0.15, 0.2) is 0 Å². The first-order chi connectivity index (χ1) is 12.4. The van der Waals surface area contributed by atoms with Crippen molar-refractivity contribution in [3.63, 3.8) is 0 Å². The monoisotopic (exact) mass is 396 g/mol. The molecule has 0 fully saturated rings. The van der Waals surface area contributed by atoms with E-state index in [1.54, 1.807) is 24.4 Å². The number of halogens is 2. The molecule has 2 rings (SSSR count). The van der Waals surface area contributed by atoms with Crippen molar-refractivity contribution in [2.45, 2.75) is 39.2 Å². The van der Waals surface area contributed by atoms with Gasteiger partial charge in [0, 0.05) is 12.5 Å². The first-order valence-electron chi connectivity index (χ1n) is 8.39. The SMILES string of the molecule is CC(C)CC(NC(=O)CCc1cccc(Cl)c1Cl)C(=O)Nc1ccn[nH]1. The Kier molecular flexibility index (Phi) is 7.48. The lowest BCUT2D eigenvalue weighted by Gasteiger charge is -2.20. The zero-order chi connectivity index (χ0) is 19.1. The van der Waals surface area contributed by atoms with E-state index in [4.69, 9.17) is 23.2 Å². The van der Waals surface area contributed by atoms with Crippen LogP contribution in [0.4, 0.5) is 5.82 Å². The van der Waals surface area contributed by atoms with E-state index in [1.807, 2.05) is 19.9 Å². The van der Waals surface area contributed by atoms with Crippen molar-refractivity contribution in [3.05, 3.63) is 46.1 Å². The van der Waals surface area contributed by atoms with Gasteiger partial charge in [-0.2, -0.15) is 5.10 Å². The number of carbonyl (C=O) groups excluding carboxylic acids is 2. The van der Waals surface area contributed by atoms with Crippen molar-refractivity contribution in [3.8, 4) is 0 Å². The van der Waals surface area contributed by atoms with Gasteiger partial charge in [0.05, 0.1) is 16.2 Å². The highest BCUT2D eigenvalue weighted by Gasteiger charge is 2.22. The summed E-state index contributed by atoms with van der Waals surface area (Å²) < 4.78 is 0. The first kappa shape index (κ1) is 20.3. The maximum absolute atomic E-state index is 12.4. The summed E-state index contributed by atoms with van der Waals surface area (Å²) in [5.41, 5.74) is 0.802. The highest BCUT2D eigenvalue weighted by atomic mass is 35.5. The molecule has 6 nitrogen and oxygen atoms in total. The summed E-state index contributed by atoms with van der Waals surface area (Å²) in [6, 6.07) is 6.35. The lowest BCUT2D eigenvalue weighted by Crippen LogP contribution is -2.44. The minimum atomic E-state index is -0.624. The molecule has 0 radical (unpaired) electrons. The van der Waals surface area contributed by atoms with Crippen molar-refractivity contribution in [2.24, 2.45) is 5.92 Å². The van der Waals surface area contributed by atoms with E-state index in [-0.39, 0.29) is 24.2 Å². The molecule has 1 heterocycles. The first-order valence-corrected chi connectivity index (χ1v) is 9.15. The molecule has 0 saturated carbocycles. The van der Waals surface area contributed by atoms with E-state index in [0.717, 1.165) is 5.56 Å². The van der Waals surface area contributed by atoms with Crippen LogP contribution in [0.5, 0.6) is 0 Å². The van der Waals surface area contributed by atoms with E-state index in [1.165, 1.54) is 0 Å². The van der Waals surface area contributed by atoms with Crippen molar-refractivity contribution in [1.29, 1.82) is 0 Å². The summed E-state index contributed by atoms with van der Waals surface area (Å²) >= 11 is 12.1. The van der Waals surface area contributed by atoms with E-state index in [0.29, 0.717) is 28.7 Å². The van der Waals surface area contributed by atoms with E-state index in [9.17, 15) is 9.59 Å². The number of amides is 2. The summed E-state index contributed by atoms with van der Waals surface area (Å²) in [7, 11) is 0. The van der Waals surface area contributed by atoms with Crippen molar-refractivity contribution < 1.29 is 9.59 Å². The summed E-state index contributed by atoms with van der Waals surface area (Å²) in [4.78, 5) is 24.8. The molecule has 3 N–H and O–H groups in total. The Morgan fingerprint density at radius 2 is 2.00 bits per heavy atom. The molecule has 8 heteroatoms. The number of nitrogens with zero attached hydrogens (tertiary/aromatic N) is 1. The fourth-order valence-corrected chi connectivity index (χ4v) is 2.92. The zero-order valence-electron chi connectivity index (χ0n) is 14.7. The fraction of sp³-hybridized carbons (Fsp3) is 0.389. The summed E-state index contributed by atoms with van der Waals surface area (Å²) in [6.45, 7) is 3.99. The van der Waals surface area contributed by atoms with Gasteiger partial charge in [-0.05, 0) is 30.4 Å². The fourth-order valence-electron chi connectivity index (χ4n) is 2.50. The Labute approximate surface area is 162 Å². The molecule has 2 amide bonds. The molecular formula is C18H22Cl2N4O2. The van der Waals surface area contributed by atoms with Crippen LogP contribution >= 0.6 is 23.2 Å². The molecule has 0 aliphatic carbocycles. The van der Waals surface area contributed by atoms with Crippen LogP contribution in [0.25, 0.3) is 0 Å². The second kappa shape index (κ2) is 9.59. The van der Waals surface area contributed by atoms with Gasteiger partial charge in [-0.3, -0.25) is 14.7 Å². The number of aryl methyl sites for hydroxylation is 1. The second-order valence-electron chi connectivity index (χ2n) is 6.42. The highest BCUT2D eigenvalue weighted by molar-refractivity contribution is 6.42. The van der Waals surface area contributed by atoms with E-state index < -0.39 is 6.04 Å². The summed E-state index contributed by atoms with van der Waals surface area (Å²) in [5, 5.41) is 12.9. The predicted molar refractivity (Wildman–Crippen MR) is 103 cm³/mol. The Hall–Kier alpha value is -2.05. The number of rotatable bonds is 8. The number of aromatic nitrogens is 2. The molecule has 2 aromatic rings. The molecule has 1 aromatic heterocycles. The molecule has 1 aromatic carbocycles. The molecule has 140 valence electrons. The van der Waals surface area contributed by atoms with Crippen LogP contribution < -0.4 is 10.6 Å². The number of nitrogens with one attached hydrogen (secondary N) is 3. The smallest absolute Gasteiger partial charge is 0.248 e. The topological polar surface area (TPSA) is 86.9 Å². The minimum Gasteiger partial charge on any atom is -0.344 e. The molecule has 1 atom stereocenters. The normalized spacial score (nSPS) is 12.0. The lowest BCUT2D eigenvalue weighted by molar-refractivity contribution is -0.126. The van der Waals surface area contributed by atoms with Gasteiger partial charge in [-0.1, -0.05) is 49.2 Å². The number of hydrogen-bond donors (Lipinski definition) is 3. The summed E-state index contributed by atoms with van der Waals surface area (Å²) in [6.07, 6.45) is 2.73. The van der Waals surface area contributed by atoms with Gasteiger partial charge < -0.3 is 10.6 Å². The number of aromatic amines is 1. The molecule has 0 bridgehead atoms. The van der Waals surface area contributed by atoms with E-state index in [2.05, 4.69) is 20.8 Å². The Morgan fingerprint density at radius 3 is 2.65 bits per heavy atom. The second-order valence-corrected chi connectivity index (χ2v) is 7.21. The molecule has 0 aliphatic rings. The third-order valence-electron chi connectivity index (χ3n) is 3.77. The average molecular weight is 397 g/mol. The van der Waals surface area contributed by atoms with Crippen LogP contribution in [0.15, 0.2) is 30.5 Å². The van der Waals surface area contributed by atoms with Crippen molar-refractivity contribution >= 4 is 40.8 Å². The average Bonchev–Trinajstić information content (AvgIpc) is 3.08.